The average molecular weight is 495 g/mol. The van der Waals surface area contributed by atoms with Gasteiger partial charge in [0.05, 0.1) is 25.5 Å². The first-order chi connectivity index (χ1) is 17.4. The van der Waals surface area contributed by atoms with E-state index in [1.165, 1.54) is 33.5 Å². The molecule has 0 bridgehead atoms. The molecule has 2 aromatic heterocycles. The maximum Gasteiger partial charge on any atom is 0.335 e. The lowest BCUT2D eigenvalue weighted by Gasteiger charge is -2.28. The van der Waals surface area contributed by atoms with E-state index in [0.717, 1.165) is 32.5 Å². The lowest BCUT2D eigenvalue weighted by Crippen LogP contribution is -2.33. The van der Waals surface area contributed by atoms with Crippen LogP contribution in [0.3, 0.4) is 0 Å². The normalized spacial score (nSPS) is 14.9. The number of hydrogen-bond donors (Lipinski definition) is 1. The molecule has 1 saturated heterocycles. The number of halogens is 2. The van der Waals surface area contributed by atoms with Gasteiger partial charge < -0.3 is 15.0 Å². The molecular formula is C26H28F2N6O2. The predicted octanol–water partition coefficient (Wildman–Crippen LogP) is 3.67. The zero-order valence-electron chi connectivity index (χ0n) is 20.2. The van der Waals surface area contributed by atoms with Crippen molar-refractivity contribution < 1.29 is 13.5 Å². The molecule has 4 aromatic rings. The lowest BCUT2D eigenvalue weighted by molar-refractivity contribution is 0.226. The Balaban J connectivity index is 1.57. The lowest BCUT2D eigenvalue weighted by atomic mass is 9.97. The fourth-order valence-corrected chi connectivity index (χ4v) is 4.60. The monoisotopic (exact) mass is 494 g/mol. The minimum atomic E-state index is -0.721. The zero-order valence-corrected chi connectivity index (χ0v) is 20.2. The van der Waals surface area contributed by atoms with Gasteiger partial charge in [0.1, 0.15) is 22.9 Å². The number of aromatic nitrogens is 4. The fraction of sp³-hybridized carbons (Fsp3) is 0.346. The van der Waals surface area contributed by atoms with Gasteiger partial charge in [0.2, 0.25) is 5.95 Å². The first-order valence-electron chi connectivity index (χ1n) is 11.9. The van der Waals surface area contributed by atoms with Gasteiger partial charge in [-0.05, 0) is 63.2 Å². The van der Waals surface area contributed by atoms with Gasteiger partial charge in [-0.1, -0.05) is 12.1 Å². The van der Waals surface area contributed by atoms with E-state index in [2.05, 4.69) is 27.2 Å². The van der Waals surface area contributed by atoms with Crippen molar-refractivity contribution in [2.24, 2.45) is 5.92 Å². The SMILES string of the molecule is COc1cccc(-n2c(=O)n(Cc3c(F)cccc3F)c3cnc(NCC4CCN(C)CC4)nc32)c1. The highest BCUT2D eigenvalue weighted by atomic mass is 19.1. The largest absolute Gasteiger partial charge is 0.497 e. The molecule has 36 heavy (non-hydrogen) atoms. The minimum absolute atomic E-state index is 0.200. The maximum absolute atomic E-state index is 14.4. The molecular weight excluding hydrogens is 466 g/mol. The standard InChI is InChI=1S/C26H28F2N6O2/c1-32-11-9-17(10-12-32)14-29-25-30-15-23-24(31-25)34(18-5-3-6-19(13-18)36-2)26(35)33(23)16-20-21(27)7-4-8-22(20)28/h3-8,13,15,17H,9-12,14,16H2,1-2H3,(H,29,30,31). The van der Waals surface area contributed by atoms with Crippen LogP contribution in [0, 0.1) is 17.6 Å². The number of nitrogens with one attached hydrogen (secondary N) is 1. The molecule has 188 valence electrons. The molecule has 2 aromatic carbocycles. The summed E-state index contributed by atoms with van der Waals surface area (Å²) in [7, 11) is 3.66. The van der Waals surface area contributed by atoms with Gasteiger partial charge in [0, 0.05) is 18.2 Å². The summed E-state index contributed by atoms with van der Waals surface area (Å²) in [5.74, 6) is 0.0279. The van der Waals surface area contributed by atoms with E-state index in [-0.39, 0.29) is 12.1 Å². The predicted molar refractivity (Wildman–Crippen MR) is 134 cm³/mol. The first-order valence-corrected chi connectivity index (χ1v) is 11.9. The summed E-state index contributed by atoms with van der Waals surface area (Å²) < 4.78 is 36.9. The molecule has 0 spiro atoms. The van der Waals surface area contributed by atoms with Crippen molar-refractivity contribution in [1.29, 1.82) is 0 Å². The van der Waals surface area contributed by atoms with Gasteiger partial charge >= 0.3 is 5.69 Å². The van der Waals surface area contributed by atoms with Crippen molar-refractivity contribution in [2.75, 3.05) is 39.1 Å². The van der Waals surface area contributed by atoms with Gasteiger partial charge in [-0.15, -0.1) is 0 Å². The molecule has 0 unspecified atom stereocenters. The van der Waals surface area contributed by atoms with Gasteiger partial charge in [-0.25, -0.2) is 23.1 Å². The second-order valence-corrected chi connectivity index (χ2v) is 9.14. The van der Waals surface area contributed by atoms with Crippen molar-refractivity contribution in [1.82, 2.24) is 24.0 Å². The maximum atomic E-state index is 14.4. The Hall–Kier alpha value is -3.79. The molecule has 3 heterocycles. The molecule has 10 heteroatoms. The van der Waals surface area contributed by atoms with Crippen LogP contribution in [-0.4, -0.2) is 57.8 Å². The number of anilines is 1. The van der Waals surface area contributed by atoms with Gasteiger partial charge in [0.25, 0.3) is 0 Å². The van der Waals surface area contributed by atoms with Crippen LogP contribution in [0.15, 0.2) is 53.5 Å². The number of fused-ring (bicyclic) bond motifs is 1. The molecule has 8 nitrogen and oxygen atoms in total. The van der Waals surface area contributed by atoms with Crippen molar-refractivity contribution in [3.8, 4) is 11.4 Å². The van der Waals surface area contributed by atoms with Crippen molar-refractivity contribution in [3.05, 3.63) is 76.3 Å². The molecule has 0 saturated carbocycles. The highest BCUT2D eigenvalue weighted by Gasteiger charge is 2.21. The molecule has 1 aliphatic rings. The van der Waals surface area contributed by atoms with Crippen LogP contribution in [0.2, 0.25) is 0 Å². The molecule has 0 aliphatic carbocycles. The molecule has 0 radical (unpaired) electrons. The Morgan fingerprint density at radius 3 is 2.56 bits per heavy atom. The van der Waals surface area contributed by atoms with E-state index in [4.69, 9.17) is 4.74 Å². The van der Waals surface area contributed by atoms with Crippen LogP contribution in [0.1, 0.15) is 18.4 Å². The number of ether oxygens (including phenoxy) is 1. The Morgan fingerprint density at radius 1 is 1.11 bits per heavy atom. The van der Waals surface area contributed by atoms with Gasteiger partial charge in [-0.3, -0.25) is 4.57 Å². The fourth-order valence-electron chi connectivity index (χ4n) is 4.60. The average Bonchev–Trinajstić information content (AvgIpc) is 3.16. The van der Waals surface area contributed by atoms with Crippen LogP contribution in [0.25, 0.3) is 16.9 Å². The van der Waals surface area contributed by atoms with Crippen LogP contribution in [-0.2, 0) is 6.54 Å². The van der Waals surface area contributed by atoms with Crippen LogP contribution in [0.4, 0.5) is 14.7 Å². The summed E-state index contributed by atoms with van der Waals surface area (Å²) in [6, 6.07) is 10.6. The topological polar surface area (TPSA) is 77.2 Å². The molecule has 1 fully saturated rings. The van der Waals surface area contributed by atoms with Crippen LogP contribution in [0.5, 0.6) is 5.75 Å². The third-order valence-corrected chi connectivity index (χ3v) is 6.75. The number of rotatable bonds is 7. The number of nitrogens with zero attached hydrogens (tertiary/aromatic N) is 5. The summed E-state index contributed by atoms with van der Waals surface area (Å²) in [6.45, 7) is 2.54. The van der Waals surface area contributed by atoms with Crippen LogP contribution < -0.4 is 15.7 Å². The van der Waals surface area contributed by atoms with Crippen LogP contribution >= 0.6 is 0 Å². The highest BCUT2D eigenvalue weighted by molar-refractivity contribution is 5.74. The molecule has 1 N–H and O–H groups in total. The summed E-state index contributed by atoms with van der Waals surface area (Å²) >= 11 is 0. The summed E-state index contributed by atoms with van der Waals surface area (Å²) in [5, 5.41) is 3.31. The van der Waals surface area contributed by atoms with Crippen molar-refractivity contribution >= 4 is 17.1 Å². The Kier molecular flexibility index (Phi) is 6.69. The molecule has 5 rings (SSSR count). The molecule has 1 aliphatic heterocycles. The number of piperidine rings is 1. The van der Waals surface area contributed by atoms with Crippen molar-refractivity contribution in [2.45, 2.75) is 19.4 Å². The van der Waals surface area contributed by atoms with E-state index < -0.39 is 17.3 Å². The van der Waals surface area contributed by atoms with E-state index in [0.29, 0.717) is 34.5 Å². The summed E-state index contributed by atoms with van der Waals surface area (Å²) in [5.41, 5.74) is 0.551. The minimum Gasteiger partial charge on any atom is -0.497 e. The zero-order chi connectivity index (χ0) is 25.2. The smallest absolute Gasteiger partial charge is 0.335 e. The number of methoxy groups -OCH3 is 1. The number of imidazole rings is 1. The van der Waals surface area contributed by atoms with Gasteiger partial charge in [0.15, 0.2) is 5.65 Å². The summed E-state index contributed by atoms with van der Waals surface area (Å²) in [4.78, 5) is 25.0. The Morgan fingerprint density at radius 2 is 1.83 bits per heavy atom. The Bertz CT molecular complexity index is 1420. The second kappa shape index (κ2) is 10.1. The third-order valence-electron chi connectivity index (χ3n) is 6.75. The second-order valence-electron chi connectivity index (χ2n) is 9.14. The molecule has 0 atom stereocenters. The van der Waals surface area contributed by atoms with Gasteiger partial charge in [-0.2, -0.15) is 4.98 Å². The quantitative estimate of drug-likeness (QED) is 0.423. The van der Waals surface area contributed by atoms with E-state index in [9.17, 15) is 13.6 Å². The number of benzene rings is 2. The third kappa shape index (κ3) is 4.68. The van der Waals surface area contributed by atoms with E-state index >= 15 is 0 Å². The molecule has 0 amide bonds. The van der Waals surface area contributed by atoms with E-state index in [1.807, 2.05) is 0 Å². The number of hydrogen-bond acceptors (Lipinski definition) is 6. The number of likely N-dealkylation sites (tertiary alicyclic amines) is 1. The first kappa shape index (κ1) is 23.9. The van der Waals surface area contributed by atoms with Crippen molar-refractivity contribution in [3.63, 3.8) is 0 Å². The highest BCUT2D eigenvalue weighted by Crippen LogP contribution is 2.23. The Labute approximate surface area is 207 Å². The van der Waals surface area contributed by atoms with E-state index in [1.54, 1.807) is 31.4 Å². The summed E-state index contributed by atoms with van der Waals surface area (Å²) in [6.07, 6.45) is 3.70.